The first-order valence-electron chi connectivity index (χ1n) is 9.20. The smallest absolute Gasteiger partial charge is 0.349 e. The van der Waals surface area contributed by atoms with Crippen LogP contribution in [0.4, 0.5) is 18.9 Å². The molecule has 10 heteroatoms. The van der Waals surface area contributed by atoms with Crippen LogP contribution in [0.2, 0.25) is 5.02 Å². The summed E-state index contributed by atoms with van der Waals surface area (Å²) in [5.41, 5.74) is -0.440. The van der Waals surface area contributed by atoms with E-state index in [0.29, 0.717) is 0 Å². The van der Waals surface area contributed by atoms with Crippen molar-refractivity contribution in [2.24, 2.45) is 0 Å². The second-order valence-corrected chi connectivity index (χ2v) is 7.27. The van der Waals surface area contributed by atoms with Gasteiger partial charge in [-0.15, -0.1) is 0 Å². The number of alkyl halides is 3. The van der Waals surface area contributed by atoms with Crippen LogP contribution in [0, 0.1) is 0 Å². The van der Waals surface area contributed by atoms with Crippen molar-refractivity contribution in [1.29, 1.82) is 0 Å². The van der Waals surface area contributed by atoms with Crippen molar-refractivity contribution in [3.05, 3.63) is 64.7 Å². The fourth-order valence-corrected chi connectivity index (χ4v) is 3.06. The molecule has 0 aromatic heterocycles. The Morgan fingerprint density at radius 2 is 1.74 bits per heavy atom. The summed E-state index contributed by atoms with van der Waals surface area (Å²) >= 11 is 5.56. The Balaban J connectivity index is 2.02. The van der Waals surface area contributed by atoms with Gasteiger partial charge in [-0.3, -0.25) is 14.4 Å². The summed E-state index contributed by atoms with van der Waals surface area (Å²) in [7, 11) is 1.39. The number of amides is 3. The molecule has 0 spiro atoms. The molecule has 0 saturated carbocycles. The number of carbonyl (C=O) groups is 3. The number of hydrogen-bond acceptors (Lipinski definition) is 3. The molecule has 31 heavy (non-hydrogen) atoms. The highest BCUT2D eigenvalue weighted by Gasteiger charge is 2.33. The topological polar surface area (TPSA) is 78.5 Å². The number of nitrogens with zero attached hydrogens (tertiary/aromatic N) is 1. The van der Waals surface area contributed by atoms with E-state index in [4.69, 9.17) is 11.6 Å². The van der Waals surface area contributed by atoms with Crippen LogP contribution in [-0.2, 0) is 20.6 Å². The SMILES string of the molecule is CC(=O)NC(CC(=O)N(C)CC(=O)Nc1ccc(Cl)c(C(F)(F)F)c1)c1ccccc1. The van der Waals surface area contributed by atoms with Gasteiger partial charge in [0.2, 0.25) is 17.7 Å². The van der Waals surface area contributed by atoms with E-state index in [1.54, 1.807) is 30.3 Å². The lowest BCUT2D eigenvalue weighted by atomic mass is 10.0. The van der Waals surface area contributed by atoms with Gasteiger partial charge >= 0.3 is 6.18 Å². The molecular formula is C21H21ClF3N3O3. The minimum absolute atomic E-state index is 0.0907. The zero-order chi connectivity index (χ0) is 23.2. The van der Waals surface area contributed by atoms with Gasteiger partial charge < -0.3 is 15.5 Å². The highest BCUT2D eigenvalue weighted by molar-refractivity contribution is 6.31. The molecule has 0 aliphatic heterocycles. The van der Waals surface area contributed by atoms with Crippen LogP contribution < -0.4 is 10.6 Å². The largest absolute Gasteiger partial charge is 0.417 e. The molecule has 2 N–H and O–H groups in total. The summed E-state index contributed by atoms with van der Waals surface area (Å²) in [5.74, 6) is -1.42. The third kappa shape index (κ3) is 7.29. The quantitative estimate of drug-likeness (QED) is 0.661. The first-order valence-corrected chi connectivity index (χ1v) is 9.57. The summed E-state index contributed by atoms with van der Waals surface area (Å²) in [6.45, 7) is 0.948. The van der Waals surface area contributed by atoms with E-state index in [1.165, 1.54) is 20.0 Å². The first-order chi connectivity index (χ1) is 14.5. The summed E-state index contributed by atoms with van der Waals surface area (Å²) in [5, 5.41) is 4.53. The molecule has 166 valence electrons. The number of nitrogens with one attached hydrogen (secondary N) is 2. The molecule has 2 rings (SSSR count). The average molecular weight is 456 g/mol. The van der Waals surface area contributed by atoms with E-state index >= 15 is 0 Å². The van der Waals surface area contributed by atoms with Gasteiger partial charge in [0.1, 0.15) is 0 Å². The molecule has 0 fully saturated rings. The number of halogens is 4. The van der Waals surface area contributed by atoms with Crippen molar-refractivity contribution in [3.8, 4) is 0 Å². The Hall–Kier alpha value is -3.07. The standard InChI is InChI=1S/C21H21ClF3N3O3/c1-13(29)26-18(14-6-4-3-5-7-14)11-20(31)28(2)12-19(30)27-15-8-9-17(22)16(10-15)21(23,24)25/h3-10,18H,11-12H2,1-2H3,(H,26,29)(H,27,30). The number of anilines is 1. The summed E-state index contributed by atoms with van der Waals surface area (Å²) in [4.78, 5) is 37.4. The van der Waals surface area contributed by atoms with Gasteiger partial charge in [-0.2, -0.15) is 13.2 Å². The van der Waals surface area contributed by atoms with Crippen LogP contribution in [0.15, 0.2) is 48.5 Å². The maximum atomic E-state index is 13.0. The van der Waals surface area contributed by atoms with Crippen LogP contribution in [-0.4, -0.2) is 36.2 Å². The van der Waals surface area contributed by atoms with Crippen LogP contribution in [0.1, 0.15) is 30.5 Å². The second kappa shape index (κ2) is 10.3. The summed E-state index contributed by atoms with van der Waals surface area (Å²) < 4.78 is 38.9. The second-order valence-electron chi connectivity index (χ2n) is 6.86. The molecule has 0 heterocycles. The Morgan fingerprint density at radius 3 is 2.32 bits per heavy atom. The van der Waals surface area contributed by atoms with Crippen molar-refractivity contribution in [1.82, 2.24) is 10.2 Å². The van der Waals surface area contributed by atoms with Gasteiger partial charge in [-0.25, -0.2) is 0 Å². The van der Waals surface area contributed by atoms with Gasteiger partial charge in [-0.1, -0.05) is 41.9 Å². The molecule has 0 aliphatic rings. The van der Waals surface area contributed by atoms with Crippen LogP contribution in [0.5, 0.6) is 0 Å². The Morgan fingerprint density at radius 1 is 1.10 bits per heavy atom. The average Bonchev–Trinajstić information content (AvgIpc) is 2.68. The predicted molar refractivity (Wildman–Crippen MR) is 110 cm³/mol. The fourth-order valence-electron chi connectivity index (χ4n) is 2.84. The zero-order valence-electron chi connectivity index (χ0n) is 16.8. The number of likely N-dealkylation sites (N-methyl/N-ethyl adjacent to an activating group) is 1. The lowest BCUT2D eigenvalue weighted by Gasteiger charge is -2.22. The highest BCUT2D eigenvalue weighted by atomic mass is 35.5. The zero-order valence-corrected chi connectivity index (χ0v) is 17.6. The van der Waals surface area contributed by atoms with E-state index in [0.717, 1.165) is 22.6 Å². The van der Waals surface area contributed by atoms with Crippen molar-refractivity contribution in [2.75, 3.05) is 18.9 Å². The van der Waals surface area contributed by atoms with E-state index in [1.807, 2.05) is 0 Å². The fraction of sp³-hybridized carbons (Fsp3) is 0.286. The third-order valence-corrected chi connectivity index (χ3v) is 4.65. The van der Waals surface area contributed by atoms with Crippen LogP contribution in [0.3, 0.4) is 0 Å². The Labute approximate surface area is 182 Å². The minimum Gasteiger partial charge on any atom is -0.349 e. The summed E-state index contributed by atoms with van der Waals surface area (Å²) in [6, 6.07) is 11.3. The molecule has 1 atom stereocenters. The Bertz CT molecular complexity index is 952. The molecular weight excluding hydrogens is 435 g/mol. The van der Waals surface area contributed by atoms with Crippen LogP contribution in [0.25, 0.3) is 0 Å². The van der Waals surface area contributed by atoms with E-state index < -0.39 is 34.6 Å². The van der Waals surface area contributed by atoms with E-state index in [9.17, 15) is 27.6 Å². The molecule has 3 amide bonds. The van der Waals surface area contributed by atoms with Crippen molar-refractivity contribution in [2.45, 2.75) is 25.6 Å². The number of hydrogen-bond donors (Lipinski definition) is 2. The van der Waals surface area contributed by atoms with Gasteiger partial charge in [0.15, 0.2) is 0 Å². The number of carbonyl (C=O) groups excluding carboxylic acids is 3. The first kappa shape index (κ1) is 24.2. The third-order valence-electron chi connectivity index (χ3n) is 4.32. The molecule has 2 aromatic rings. The number of rotatable bonds is 7. The number of benzene rings is 2. The molecule has 0 saturated heterocycles. The molecule has 1 unspecified atom stereocenters. The normalized spacial score (nSPS) is 12.1. The van der Waals surface area contributed by atoms with E-state index in [2.05, 4.69) is 10.6 Å². The van der Waals surface area contributed by atoms with Gasteiger partial charge in [-0.05, 0) is 23.8 Å². The van der Waals surface area contributed by atoms with E-state index in [-0.39, 0.29) is 24.6 Å². The highest BCUT2D eigenvalue weighted by Crippen LogP contribution is 2.36. The van der Waals surface area contributed by atoms with Crippen molar-refractivity contribution in [3.63, 3.8) is 0 Å². The van der Waals surface area contributed by atoms with Crippen LogP contribution >= 0.6 is 11.6 Å². The van der Waals surface area contributed by atoms with Gasteiger partial charge in [0.05, 0.1) is 29.6 Å². The lowest BCUT2D eigenvalue weighted by Crippen LogP contribution is -2.38. The lowest BCUT2D eigenvalue weighted by molar-refractivity contribution is -0.137. The van der Waals surface area contributed by atoms with Gasteiger partial charge in [0, 0.05) is 19.7 Å². The van der Waals surface area contributed by atoms with Crippen molar-refractivity contribution < 1.29 is 27.6 Å². The van der Waals surface area contributed by atoms with Gasteiger partial charge in [0.25, 0.3) is 0 Å². The monoisotopic (exact) mass is 455 g/mol. The molecule has 6 nitrogen and oxygen atoms in total. The molecule has 0 radical (unpaired) electrons. The minimum atomic E-state index is -4.67. The Kier molecular flexibility index (Phi) is 8.04. The maximum absolute atomic E-state index is 13.0. The predicted octanol–water partition coefficient (Wildman–Crippen LogP) is 4.02. The maximum Gasteiger partial charge on any atom is 0.417 e. The summed E-state index contributed by atoms with van der Waals surface area (Å²) in [6.07, 6.45) is -4.76. The van der Waals surface area contributed by atoms with Crippen molar-refractivity contribution >= 4 is 35.0 Å². The molecule has 2 aromatic carbocycles. The molecule has 0 aliphatic carbocycles. The molecule has 0 bridgehead atoms.